The minimum atomic E-state index is -3.45. The summed E-state index contributed by atoms with van der Waals surface area (Å²) in [6, 6.07) is 0.419. The maximum atomic E-state index is 11.7. The lowest BCUT2D eigenvalue weighted by Crippen LogP contribution is -2.29. The van der Waals surface area contributed by atoms with Gasteiger partial charge in [-0.3, -0.25) is 0 Å². The van der Waals surface area contributed by atoms with Gasteiger partial charge in [0.05, 0.1) is 6.33 Å². The highest BCUT2D eigenvalue weighted by Crippen LogP contribution is 2.03. The fourth-order valence-electron chi connectivity index (χ4n) is 1.29. The van der Waals surface area contributed by atoms with Gasteiger partial charge in [0.25, 0.3) is 10.0 Å². The fourth-order valence-corrected chi connectivity index (χ4v) is 2.34. The van der Waals surface area contributed by atoms with Crippen LogP contribution in [0.1, 0.15) is 20.3 Å². The molecule has 0 saturated carbocycles. The van der Waals surface area contributed by atoms with Crippen molar-refractivity contribution in [2.75, 3.05) is 13.1 Å². The molecule has 0 atom stereocenters. The number of hydrogen-bond donors (Lipinski definition) is 2. The van der Waals surface area contributed by atoms with Crippen LogP contribution in [-0.2, 0) is 17.1 Å². The third kappa shape index (κ3) is 4.84. The second-order valence-corrected chi connectivity index (χ2v) is 5.95. The lowest BCUT2D eigenvalue weighted by atomic mass is 10.3. The van der Waals surface area contributed by atoms with Crippen LogP contribution in [0.15, 0.2) is 17.6 Å². The molecule has 0 aliphatic carbocycles. The van der Waals surface area contributed by atoms with Gasteiger partial charge in [-0.05, 0) is 13.0 Å². The van der Waals surface area contributed by atoms with E-state index in [-0.39, 0.29) is 5.03 Å². The molecule has 98 valence electrons. The standard InChI is InChI=1S/C10H20N4O2S/c1-9(2)11-5-4-6-13-17(15,16)10-7-14(3)8-12-10/h7-9,11,13H,4-6H2,1-3H3. The van der Waals surface area contributed by atoms with Crippen LogP contribution in [0.25, 0.3) is 0 Å². The molecule has 1 rings (SSSR count). The summed E-state index contributed by atoms with van der Waals surface area (Å²) in [4.78, 5) is 3.81. The summed E-state index contributed by atoms with van der Waals surface area (Å²) in [6.07, 6.45) is 3.70. The molecule has 0 radical (unpaired) electrons. The second kappa shape index (κ2) is 6.13. The Morgan fingerprint density at radius 2 is 2.12 bits per heavy atom. The van der Waals surface area contributed by atoms with Crippen molar-refractivity contribution in [1.82, 2.24) is 19.6 Å². The van der Waals surface area contributed by atoms with E-state index < -0.39 is 10.0 Å². The quantitative estimate of drug-likeness (QED) is 0.681. The first-order chi connectivity index (χ1) is 7.92. The van der Waals surface area contributed by atoms with E-state index in [4.69, 9.17) is 0 Å². The zero-order chi connectivity index (χ0) is 12.9. The van der Waals surface area contributed by atoms with Crippen LogP contribution in [0, 0.1) is 0 Å². The van der Waals surface area contributed by atoms with Crippen molar-refractivity contribution in [3.63, 3.8) is 0 Å². The molecule has 0 bridgehead atoms. The molecule has 17 heavy (non-hydrogen) atoms. The molecule has 0 fully saturated rings. The SMILES string of the molecule is CC(C)NCCCNS(=O)(=O)c1cn(C)cn1. The highest BCUT2D eigenvalue weighted by atomic mass is 32.2. The first-order valence-electron chi connectivity index (χ1n) is 5.63. The number of sulfonamides is 1. The van der Waals surface area contributed by atoms with Crippen LogP contribution in [-0.4, -0.2) is 37.1 Å². The molecule has 0 aliphatic rings. The van der Waals surface area contributed by atoms with Crippen molar-refractivity contribution in [2.24, 2.45) is 7.05 Å². The summed E-state index contributed by atoms with van der Waals surface area (Å²) >= 11 is 0. The van der Waals surface area contributed by atoms with Gasteiger partial charge in [0.2, 0.25) is 0 Å². The maximum Gasteiger partial charge on any atom is 0.259 e. The minimum Gasteiger partial charge on any atom is -0.339 e. The highest BCUT2D eigenvalue weighted by Gasteiger charge is 2.15. The van der Waals surface area contributed by atoms with Gasteiger partial charge in [0, 0.05) is 25.8 Å². The number of nitrogens with one attached hydrogen (secondary N) is 2. The maximum absolute atomic E-state index is 11.7. The molecule has 0 aliphatic heterocycles. The molecule has 7 heteroatoms. The van der Waals surface area contributed by atoms with Crippen LogP contribution < -0.4 is 10.0 Å². The predicted molar refractivity (Wildman–Crippen MR) is 66.2 cm³/mol. The van der Waals surface area contributed by atoms with E-state index in [0.29, 0.717) is 12.6 Å². The largest absolute Gasteiger partial charge is 0.339 e. The van der Waals surface area contributed by atoms with Crippen LogP contribution >= 0.6 is 0 Å². The molecule has 0 amide bonds. The van der Waals surface area contributed by atoms with Crippen molar-refractivity contribution in [1.29, 1.82) is 0 Å². The molecule has 6 nitrogen and oxygen atoms in total. The Kier molecular flexibility index (Phi) is 5.10. The molecule has 1 aromatic heterocycles. The molecular weight excluding hydrogens is 240 g/mol. The van der Waals surface area contributed by atoms with Crippen LogP contribution in [0.5, 0.6) is 0 Å². The lowest BCUT2D eigenvalue weighted by Gasteiger charge is -2.08. The first-order valence-corrected chi connectivity index (χ1v) is 7.11. The summed E-state index contributed by atoms with van der Waals surface area (Å²) < 4.78 is 27.6. The Balaban J connectivity index is 2.36. The van der Waals surface area contributed by atoms with Crippen LogP contribution in [0.3, 0.4) is 0 Å². The van der Waals surface area contributed by atoms with Crippen molar-refractivity contribution in [2.45, 2.75) is 31.3 Å². The van der Waals surface area contributed by atoms with E-state index in [0.717, 1.165) is 13.0 Å². The minimum absolute atomic E-state index is 0.0665. The van der Waals surface area contributed by atoms with Crippen LogP contribution in [0.4, 0.5) is 0 Å². The Bertz CT molecular complexity index is 439. The Labute approximate surface area is 102 Å². The Morgan fingerprint density at radius 3 is 2.65 bits per heavy atom. The normalized spacial score (nSPS) is 12.2. The monoisotopic (exact) mass is 260 g/mol. The Hall–Kier alpha value is -0.920. The highest BCUT2D eigenvalue weighted by molar-refractivity contribution is 7.89. The van der Waals surface area contributed by atoms with Gasteiger partial charge >= 0.3 is 0 Å². The number of nitrogens with zero attached hydrogens (tertiary/aromatic N) is 2. The molecule has 0 spiro atoms. The van der Waals surface area contributed by atoms with E-state index in [1.54, 1.807) is 11.6 Å². The average Bonchev–Trinajstić information content (AvgIpc) is 2.64. The number of rotatable bonds is 7. The average molecular weight is 260 g/mol. The van der Waals surface area contributed by atoms with E-state index in [1.165, 1.54) is 12.5 Å². The van der Waals surface area contributed by atoms with Gasteiger partial charge in [-0.15, -0.1) is 0 Å². The summed E-state index contributed by atoms with van der Waals surface area (Å²) in [7, 11) is -1.72. The number of aryl methyl sites for hydroxylation is 1. The van der Waals surface area contributed by atoms with Gasteiger partial charge in [0.15, 0.2) is 5.03 Å². The van der Waals surface area contributed by atoms with Crippen molar-refractivity contribution >= 4 is 10.0 Å². The van der Waals surface area contributed by atoms with E-state index in [9.17, 15) is 8.42 Å². The molecule has 0 saturated heterocycles. The summed E-state index contributed by atoms with van der Waals surface area (Å²) in [5.41, 5.74) is 0. The third-order valence-electron chi connectivity index (χ3n) is 2.15. The topological polar surface area (TPSA) is 76.0 Å². The number of imidazole rings is 1. The third-order valence-corrected chi connectivity index (χ3v) is 3.50. The van der Waals surface area contributed by atoms with Crippen molar-refractivity contribution in [3.8, 4) is 0 Å². The van der Waals surface area contributed by atoms with Gasteiger partial charge in [0.1, 0.15) is 0 Å². The molecule has 1 heterocycles. The predicted octanol–water partition coefficient (Wildman–Crippen LogP) is 0.0865. The summed E-state index contributed by atoms with van der Waals surface area (Å²) in [6.45, 7) is 5.32. The first kappa shape index (κ1) is 14.1. The van der Waals surface area contributed by atoms with E-state index in [1.807, 2.05) is 0 Å². The lowest BCUT2D eigenvalue weighted by molar-refractivity contribution is 0.553. The fraction of sp³-hybridized carbons (Fsp3) is 0.700. The molecule has 1 aromatic rings. The van der Waals surface area contributed by atoms with Gasteiger partial charge in [-0.1, -0.05) is 13.8 Å². The second-order valence-electron chi connectivity index (χ2n) is 4.24. The molecule has 2 N–H and O–H groups in total. The molecular formula is C10H20N4O2S. The zero-order valence-electron chi connectivity index (χ0n) is 10.5. The van der Waals surface area contributed by atoms with E-state index in [2.05, 4.69) is 28.9 Å². The van der Waals surface area contributed by atoms with Crippen molar-refractivity contribution in [3.05, 3.63) is 12.5 Å². The summed E-state index contributed by atoms with van der Waals surface area (Å²) in [5.74, 6) is 0. The van der Waals surface area contributed by atoms with Crippen molar-refractivity contribution < 1.29 is 8.42 Å². The Morgan fingerprint density at radius 1 is 1.41 bits per heavy atom. The molecule has 0 unspecified atom stereocenters. The van der Waals surface area contributed by atoms with Gasteiger partial charge < -0.3 is 9.88 Å². The van der Waals surface area contributed by atoms with Crippen LogP contribution in [0.2, 0.25) is 0 Å². The smallest absolute Gasteiger partial charge is 0.259 e. The zero-order valence-corrected chi connectivity index (χ0v) is 11.3. The summed E-state index contributed by atoms with van der Waals surface area (Å²) in [5, 5.41) is 3.29. The number of hydrogen-bond acceptors (Lipinski definition) is 4. The number of aromatic nitrogens is 2. The van der Waals surface area contributed by atoms with E-state index >= 15 is 0 Å². The van der Waals surface area contributed by atoms with Gasteiger partial charge in [-0.2, -0.15) is 0 Å². The van der Waals surface area contributed by atoms with Gasteiger partial charge in [-0.25, -0.2) is 18.1 Å². The molecule has 0 aromatic carbocycles.